The second-order valence-corrected chi connectivity index (χ2v) is 7.33. The topological polar surface area (TPSA) is 83.6 Å². The molecule has 0 bridgehead atoms. The zero-order chi connectivity index (χ0) is 19.0. The standard InChI is InChI=1S/C16H20F2N2O4S/c1-3-7-20(10-16(22)19-12(2)21)25(23,24)11-14-6-4-5-13(8-14)9-15(17)18/h3-6,8,15H,1,7,9-11H2,2H3,(H,19,21,22). The van der Waals surface area contributed by atoms with E-state index in [9.17, 15) is 26.8 Å². The molecule has 0 aromatic heterocycles. The smallest absolute Gasteiger partial charge is 0.242 e. The van der Waals surface area contributed by atoms with Crippen LogP contribution >= 0.6 is 0 Å². The summed E-state index contributed by atoms with van der Waals surface area (Å²) >= 11 is 0. The molecule has 138 valence electrons. The first kappa shape index (κ1) is 20.9. The molecule has 1 aromatic carbocycles. The molecule has 0 saturated heterocycles. The molecule has 1 N–H and O–H groups in total. The lowest BCUT2D eigenvalue weighted by molar-refractivity contribution is -0.129. The first-order valence-electron chi connectivity index (χ1n) is 7.39. The average molecular weight is 374 g/mol. The predicted molar refractivity (Wildman–Crippen MR) is 89.4 cm³/mol. The van der Waals surface area contributed by atoms with Gasteiger partial charge >= 0.3 is 0 Å². The van der Waals surface area contributed by atoms with Gasteiger partial charge in [-0.25, -0.2) is 17.2 Å². The van der Waals surface area contributed by atoms with E-state index in [0.717, 1.165) is 11.2 Å². The lowest BCUT2D eigenvalue weighted by Gasteiger charge is -2.20. The van der Waals surface area contributed by atoms with Crippen LogP contribution in [0.4, 0.5) is 8.78 Å². The number of carbonyl (C=O) groups excluding carboxylic acids is 2. The van der Waals surface area contributed by atoms with Crippen LogP contribution in [0.5, 0.6) is 0 Å². The van der Waals surface area contributed by atoms with Crippen LogP contribution in [0.25, 0.3) is 0 Å². The molecule has 25 heavy (non-hydrogen) atoms. The van der Waals surface area contributed by atoms with Crippen LogP contribution in [0.3, 0.4) is 0 Å². The molecular formula is C16H20F2N2O4S. The molecule has 0 heterocycles. The van der Waals surface area contributed by atoms with E-state index in [1.807, 2.05) is 5.32 Å². The molecule has 0 fully saturated rings. The maximum atomic E-state index is 12.5. The van der Waals surface area contributed by atoms with Crippen molar-refractivity contribution in [2.75, 3.05) is 13.1 Å². The van der Waals surface area contributed by atoms with Gasteiger partial charge in [0.25, 0.3) is 0 Å². The van der Waals surface area contributed by atoms with Crippen molar-refractivity contribution >= 4 is 21.8 Å². The van der Waals surface area contributed by atoms with Gasteiger partial charge in [-0.1, -0.05) is 30.3 Å². The molecule has 0 aliphatic rings. The van der Waals surface area contributed by atoms with E-state index in [4.69, 9.17) is 0 Å². The van der Waals surface area contributed by atoms with E-state index >= 15 is 0 Å². The number of rotatable bonds is 9. The van der Waals surface area contributed by atoms with Gasteiger partial charge in [0, 0.05) is 19.9 Å². The largest absolute Gasteiger partial charge is 0.296 e. The SMILES string of the molecule is C=CCN(CC(=O)NC(C)=O)S(=O)(=O)Cc1cccc(CC(F)F)c1. The highest BCUT2D eigenvalue weighted by atomic mass is 32.2. The average Bonchev–Trinajstić information content (AvgIpc) is 2.45. The number of hydrogen-bond donors (Lipinski definition) is 1. The number of alkyl halides is 2. The molecule has 0 saturated carbocycles. The van der Waals surface area contributed by atoms with Crippen molar-refractivity contribution in [2.45, 2.75) is 25.5 Å². The van der Waals surface area contributed by atoms with Gasteiger partial charge in [0.2, 0.25) is 28.3 Å². The Bertz CT molecular complexity index is 735. The summed E-state index contributed by atoms with van der Waals surface area (Å²) in [4.78, 5) is 22.5. The first-order chi connectivity index (χ1) is 11.6. The van der Waals surface area contributed by atoms with Crippen molar-refractivity contribution in [3.05, 3.63) is 48.0 Å². The van der Waals surface area contributed by atoms with E-state index in [1.165, 1.54) is 30.3 Å². The summed E-state index contributed by atoms with van der Waals surface area (Å²) in [5, 5.41) is 2.00. The van der Waals surface area contributed by atoms with Crippen LogP contribution in [-0.4, -0.2) is 44.1 Å². The molecule has 9 heteroatoms. The van der Waals surface area contributed by atoms with Crippen LogP contribution in [0.15, 0.2) is 36.9 Å². The quantitative estimate of drug-likeness (QED) is 0.664. The van der Waals surface area contributed by atoms with E-state index in [1.54, 1.807) is 0 Å². The molecule has 2 amide bonds. The summed E-state index contributed by atoms with van der Waals surface area (Å²) in [6, 6.07) is 5.90. The molecule has 0 aliphatic heterocycles. The monoisotopic (exact) mass is 374 g/mol. The number of benzene rings is 1. The molecule has 0 radical (unpaired) electrons. The molecule has 0 aliphatic carbocycles. The normalized spacial score (nSPS) is 11.6. The summed E-state index contributed by atoms with van der Waals surface area (Å²) in [5.74, 6) is -1.81. The van der Waals surface area contributed by atoms with Crippen LogP contribution in [0, 0.1) is 0 Å². The van der Waals surface area contributed by atoms with Crippen LogP contribution in [0.1, 0.15) is 18.1 Å². The Labute approximate surface area is 145 Å². The lowest BCUT2D eigenvalue weighted by atomic mass is 10.1. The fourth-order valence-corrected chi connectivity index (χ4v) is 3.57. The number of hydrogen-bond acceptors (Lipinski definition) is 4. The Balaban J connectivity index is 2.93. The molecule has 1 aromatic rings. The highest BCUT2D eigenvalue weighted by Gasteiger charge is 2.24. The Kier molecular flexibility index (Phi) is 7.85. The van der Waals surface area contributed by atoms with Gasteiger partial charge in [-0.2, -0.15) is 4.31 Å². The Morgan fingerprint density at radius 1 is 1.32 bits per heavy atom. The van der Waals surface area contributed by atoms with Crippen LogP contribution in [-0.2, 0) is 31.8 Å². The molecule has 6 nitrogen and oxygen atoms in total. The number of imide groups is 1. The van der Waals surface area contributed by atoms with Gasteiger partial charge in [0.05, 0.1) is 12.3 Å². The summed E-state index contributed by atoms with van der Waals surface area (Å²) in [7, 11) is -3.91. The Hall–Kier alpha value is -2.13. The second kappa shape index (κ2) is 9.38. The molecular weight excluding hydrogens is 354 g/mol. The zero-order valence-electron chi connectivity index (χ0n) is 13.7. The molecule has 1 rings (SSSR count). The summed E-state index contributed by atoms with van der Waals surface area (Å²) < 4.78 is 50.8. The van der Waals surface area contributed by atoms with Gasteiger partial charge in [0.1, 0.15) is 0 Å². The van der Waals surface area contributed by atoms with Gasteiger partial charge in [-0.3, -0.25) is 14.9 Å². The fourth-order valence-electron chi connectivity index (χ4n) is 2.14. The zero-order valence-corrected chi connectivity index (χ0v) is 14.6. The number of carbonyl (C=O) groups is 2. The van der Waals surface area contributed by atoms with Crippen LogP contribution < -0.4 is 5.32 Å². The van der Waals surface area contributed by atoms with Crippen molar-refractivity contribution < 1.29 is 26.8 Å². The van der Waals surface area contributed by atoms with Crippen molar-refractivity contribution in [2.24, 2.45) is 0 Å². The number of nitrogens with one attached hydrogen (secondary N) is 1. The van der Waals surface area contributed by atoms with Gasteiger partial charge < -0.3 is 0 Å². The lowest BCUT2D eigenvalue weighted by Crippen LogP contribution is -2.42. The van der Waals surface area contributed by atoms with Gasteiger partial charge in [-0.05, 0) is 11.1 Å². The van der Waals surface area contributed by atoms with E-state index in [0.29, 0.717) is 11.1 Å². The fraction of sp³-hybridized carbons (Fsp3) is 0.375. The summed E-state index contributed by atoms with van der Waals surface area (Å²) in [6.07, 6.45) is -1.68. The second-order valence-electron chi connectivity index (χ2n) is 5.36. The minimum atomic E-state index is -3.91. The predicted octanol–water partition coefficient (Wildman–Crippen LogP) is 1.47. The number of nitrogens with zero attached hydrogens (tertiary/aromatic N) is 1. The van der Waals surface area contributed by atoms with E-state index < -0.39 is 47.0 Å². The maximum Gasteiger partial charge on any atom is 0.242 e. The van der Waals surface area contributed by atoms with Crippen molar-refractivity contribution in [1.29, 1.82) is 0 Å². The Morgan fingerprint density at radius 3 is 2.52 bits per heavy atom. The number of sulfonamides is 1. The van der Waals surface area contributed by atoms with E-state index in [2.05, 4.69) is 6.58 Å². The van der Waals surface area contributed by atoms with E-state index in [-0.39, 0.29) is 6.54 Å². The summed E-state index contributed by atoms with van der Waals surface area (Å²) in [6.45, 7) is 3.93. The Morgan fingerprint density at radius 2 is 1.96 bits per heavy atom. The highest BCUT2D eigenvalue weighted by molar-refractivity contribution is 7.88. The molecule has 0 atom stereocenters. The molecule has 0 unspecified atom stereocenters. The number of halogens is 2. The maximum absolute atomic E-state index is 12.5. The molecule has 0 spiro atoms. The van der Waals surface area contributed by atoms with Crippen molar-refractivity contribution in [1.82, 2.24) is 9.62 Å². The summed E-state index contributed by atoms with van der Waals surface area (Å²) in [5.41, 5.74) is 0.659. The first-order valence-corrected chi connectivity index (χ1v) is 9.00. The third-order valence-corrected chi connectivity index (χ3v) is 4.86. The van der Waals surface area contributed by atoms with Gasteiger partial charge in [-0.15, -0.1) is 6.58 Å². The van der Waals surface area contributed by atoms with Crippen LogP contribution in [0.2, 0.25) is 0 Å². The minimum Gasteiger partial charge on any atom is -0.296 e. The van der Waals surface area contributed by atoms with Gasteiger partial charge in [0.15, 0.2) is 0 Å². The minimum absolute atomic E-state index is 0.121. The third-order valence-electron chi connectivity index (χ3n) is 3.09. The van der Waals surface area contributed by atoms with Crippen molar-refractivity contribution in [3.8, 4) is 0 Å². The third kappa shape index (κ3) is 7.53. The van der Waals surface area contributed by atoms with Crippen molar-refractivity contribution in [3.63, 3.8) is 0 Å². The highest BCUT2D eigenvalue weighted by Crippen LogP contribution is 2.15. The number of amides is 2.